The molecule has 1 rings (SSSR count). The molecule has 0 spiro atoms. The Morgan fingerprint density at radius 1 is 1.71 bits per heavy atom. The second-order valence-electron chi connectivity index (χ2n) is 3.61. The molecule has 0 aromatic carbocycles. The smallest absolute Gasteiger partial charge is 0.0901 e. The SMILES string of the molecule is C=CC[C@H](C)/C(C)=C/c1csc(C)n1. The Labute approximate surface area is 90.2 Å². The van der Waals surface area contributed by atoms with Gasteiger partial charge in [-0.25, -0.2) is 4.98 Å². The maximum absolute atomic E-state index is 4.41. The number of hydrogen-bond acceptors (Lipinski definition) is 2. The highest BCUT2D eigenvalue weighted by molar-refractivity contribution is 7.09. The molecule has 0 N–H and O–H groups in total. The van der Waals surface area contributed by atoms with Gasteiger partial charge in [-0.2, -0.15) is 0 Å². The van der Waals surface area contributed by atoms with Gasteiger partial charge in [-0.15, -0.1) is 17.9 Å². The topological polar surface area (TPSA) is 12.9 Å². The van der Waals surface area contributed by atoms with E-state index in [1.54, 1.807) is 11.3 Å². The number of aromatic nitrogens is 1. The van der Waals surface area contributed by atoms with E-state index in [-0.39, 0.29) is 0 Å². The summed E-state index contributed by atoms with van der Waals surface area (Å²) in [5.41, 5.74) is 2.45. The maximum Gasteiger partial charge on any atom is 0.0901 e. The highest BCUT2D eigenvalue weighted by Gasteiger charge is 2.02. The lowest BCUT2D eigenvalue weighted by Crippen LogP contribution is -1.93. The number of allylic oxidation sites excluding steroid dienone is 2. The van der Waals surface area contributed by atoms with E-state index >= 15 is 0 Å². The first kappa shape index (κ1) is 11.2. The van der Waals surface area contributed by atoms with Gasteiger partial charge in [0.25, 0.3) is 0 Å². The average Bonchev–Trinajstić information content (AvgIpc) is 2.51. The Kier molecular flexibility index (Phi) is 4.08. The van der Waals surface area contributed by atoms with Crippen LogP contribution in [0.2, 0.25) is 0 Å². The number of rotatable bonds is 4. The molecule has 0 aliphatic heterocycles. The molecule has 0 fully saturated rings. The van der Waals surface area contributed by atoms with Crippen LogP contribution in [0.3, 0.4) is 0 Å². The van der Waals surface area contributed by atoms with E-state index in [9.17, 15) is 0 Å². The Morgan fingerprint density at radius 2 is 2.43 bits per heavy atom. The summed E-state index contributed by atoms with van der Waals surface area (Å²) in [7, 11) is 0. The molecule has 14 heavy (non-hydrogen) atoms. The molecule has 1 nitrogen and oxygen atoms in total. The molecular formula is C12H17NS. The molecule has 0 bridgehead atoms. The Balaban J connectivity index is 2.72. The lowest BCUT2D eigenvalue weighted by molar-refractivity contribution is 0.701. The van der Waals surface area contributed by atoms with E-state index < -0.39 is 0 Å². The third-order valence-corrected chi connectivity index (χ3v) is 3.10. The first-order valence-electron chi connectivity index (χ1n) is 4.84. The lowest BCUT2D eigenvalue weighted by atomic mass is 9.98. The summed E-state index contributed by atoms with van der Waals surface area (Å²) in [4.78, 5) is 4.41. The second-order valence-corrected chi connectivity index (χ2v) is 4.67. The summed E-state index contributed by atoms with van der Waals surface area (Å²) in [5, 5.41) is 3.22. The van der Waals surface area contributed by atoms with Crippen molar-refractivity contribution in [2.75, 3.05) is 0 Å². The summed E-state index contributed by atoms with van der Waals surface area (Å²) in [6.07, 6.45) is 5.16. The molecular weight excluding hydrogens is 190 g/mol. The van der Waals surface area contributed by atoms with Crippen LogP contribution < -0.4 is 0 Å². The fourth-order valence-electron chi connectivity index (χ4n) is 1.26. The Hall–Kier alpha value is -0.890. The number of nitrogens with zero attached hydrogens (tertiary/aromatic N) is 1. The first-order chi connectivity index (χ1) is 6.63. The van der Waals surface area contributed by atoms with Gasteiger partial charge in [0.1, 0.15) is 0 Å². The molecule has 0 unspecified atom stereocenters. The predicted molar refractivity (Wildman–Crippen MR) is 64.5 cm³/mol. The van der Waals surface area contributed by atoms with Crippen molar-refractivity contribution in [3.8, 4) is 0 Å². The van der Waals surface area contributed by atoms with Crippen molar-refractivity contribution in [1.82, 2.24) is 4.98 Å². The highest BCUT2D eigenvalue weighted by Crippen LogP contribution is 2.18. The molecule has 0 aliphatic rings. The monoisotopic (exact) mass is 207 g/mol. The van der Waals surface area contributed by atoms with Crippen molar-refractivity contribution in [2.24, 2.45) is 5.92 Å². The quantitative estimate of drug-likeness (QED) is 0.678. The van der Waals surface area contributed by atoms with Crippen molar-refractivity contribution in [2.45, 2.75) is 27.2 Å². The van der Waals surface area contributed by atoms with Crippen LogP contribution in [0, 0.1) is 12.8 Å². The van der Waals surface area contributed by atoms with Crippen LogP contribution in [-0.2, 0) is 0 Å². The number of aryl methyl sites for hydroxylation is 1. The molecule has 0 saturated carbocycles. The van der Waals surface area contributed by atoms with Gasteiger partial charge in [0, 0.05) is 5.38 Å². The summed E-state index contributed by atoms with van der Waals surface area (Å²) >= 11 is 1.70. The van der Waals surface area contributed by atoms with Gasteiger partial charge in [-0.1, -0.05) is 18.6 Å². The predicted octanol–water partition coefficient (Wildman–Crippen LogP) is 4.07. The fraction of sp³-hybridized carbons (Fsp3) is 0.417. The van der Waals surface area contributed by atoms with Crippen LogP contribution in [0.4, 0.5) is 0 Å². The summed E-state index contributed by atoms with van der Waals surface area (Å²) in [5.74, 6) is 0.564. The minimum atomic E-state index is 0.564. The van der Waals surface area contributed by atoms with Crippen molar-refractivity contribution in [1.29, 1.82) is 0 Å². The van der Waals surface area contributed by atoms with E-state index in [2.05, 4.69) is 36.9 Å². The van der Waals surface area contributed by atoms with Crippen molar-refractivity contribution >= 4 is 17.4 Å². The van der Waals surface area contributed by atoms with E-state index in [4.69, 9.17) is 0 Å². The van der Waals surface area contributed by atoms with Crippen LogP contribution >= 0.6 is 11.3 Å². The zero-order valence-corrected chi connectivity index (χ0v) is 9.90. The van der Waals surface area contributed by atoms with Gasteiger partial charge in [0.15, 0.2) is 0 Å². The average molecular weight is 207 g/mol. The third-order valence-electron chi connectivity index (χ3n) is 2.31. The van der Waals surface area contributed by atoms with Gasteiger partial charge in [-0.05, 0) is 32.3 Å². The van der Waals surface area contributed by atoms with Crippen LogP contribution in [0.1, 0.15) is 31.0 Å². The van der Waals surface area contributed by atoms with Crippen LogP contribution in [0.15, 0.2) is 23.6 Å². The molecule has 76 valence electrons. The summed E-state index contributed by atoms with van der Waals surface area (Å²) < 4.78 is 0. The molecule has 0 amide bonds. The molecule has 0 radical (unpaired) electrons. The number of thiazole rings is 1. The standard InChI is InChI=1S/C12H17NS/c1-5-6-9(2)10(3)7-12-8-14-11(4)13-12/h5,7-9H,1,6H2,2-4H3/b10-7+/t9-/m0/s1. The number of hydrogen-bond donors (Lipinski definition) is 0. The summed E-state index contributed by atoms with van der Waals surface area (Å²) in [6, 6.07) is 0. The molecule has 2 heteroatoms. The molecule has 1 atom stereocenters. The second kappa shape index (κ2) is 5.11. The first-order valence-corrected chi connectivity index (χ1v) is 5.72. The minimum absolute atomic E-state index is 0.564. The van der Waals surface area contributed by atoms with Gasteiger partial charge < -0.3 is 0 Å². The largest absolute Gasteiger partial charge is 0.242 e. The van der Waals surface area contributed by atoms with Gasteiger partial charge in [0.05, 0.1) is 10.7 Å². The van der Waals surface area contributed by atoms with E-state index in [0.717, 1.165) is 17.1 Å². The molecule has 1 aromatic heterocycles. The van der Waals surface area contributed by atoms with Gasteiger partial charge in [0.2, 0.25) is 0 Å². The van der Waals surface area contributed by atoms with Crippen molar-refractivity contribution in [3.63, 3.8) is 0 Å². The lowest BCUT2D eigenvalue weighted by Gasteiger charge is -2.08. The zero-order chi connectivity index (χ0) is 10.6. The highest BCUT2D eigenvalue weighted by atomic mass is 32.1. The Morgan fingerprint density at radius 3 is 2.93 bits per heavy atom. The van der Waals surface area contributed by atoms with Crippen LogP contribution in [0.25, 0.3) is 6.08 Å². The summed E-state index contributed by atoms with van der Waals surface area (Å²) in [6.45, 7) is 10.2. The maximum atomic E-state index is 4.41. The molecule has 0 aliphatic carbocycles. The van der Waals surface area contributed by atoms with E-state index in [0.29, 0.717) is 5.92 Å². The van der Waals surface area contributed by atoms with Crippen LogP contribution in [-0.4, -0.2) is 4.98 Å². The Bertz CT molecular complexity index is 336. The van der Waals surface area contributed by atoms with Crippen LogP contribution in [0.5, 0.6) is 0 Å². The third kappa shape index (κ3) is 3.11. The van der Waals surface area contributed by atoms with E-state index in [1.165, 1.54) is 5.57 Å². The minimum Gasteiger partial charge on any atom is -0.242 e. The van der Waals surface area contributed by atoms with Crippen molar-refractivity contribution < 1.29 is 0 Å². The van der Waals surface area contributed by atoms with Gasteiger partial charge >= 0.3 is 0 Å². The van der Waals surface area contributed by atoms with Crippen molar-refractivity contribution in [3.05, 3.63) is 34.3 Å². The molecule has 1 heterocycles. The molecule has 0 saturated heterocycles. The van der Waals surface area contributed by atoms with E-state index in [1.807, 2.05) is 13.0 Å². The van der Waals surface area contributed by atoms with Gasteiger partial charge in [-0.3, -0.25) is 0 Å². The fourth-order valence-corrected chi connectivity index (χ4v) is 1.83. The molecule has 1 aromatic rings. The zero-order valence-electron chi connectivity index (χ0n) is 9.08. The normalized spacial score (nSPS) is 14.1.